The number of fused-ring (bicyclic) bond motifs is 6. The van der Waals surface area contributed by atoms with Crippen LogP contribution in [0, 0.1) is 25.3 Å². The zero-order valence-electron chi connectivity index (χ0n) is 25.2. The molecule has 0 spiro atoms. The summed E-state index contributed by atoms with van der Waals surface area (Å²) in [6.07, 6.45) is 30.3. The molecule has 0 fully saturated rings. The normalized spacial score (nSPS) is 11.2. The van der Waals surface area contributed by atoms with E-state index in [4.69, 9.17) is 18.8 Å². The summed E-state index contributed by atoms with van der Waals surface area (Å²) in [6.45, 7) is 0. The van der Waals surface area contributed by atoms with E-state index in [0.29, 0.717) is 0 Å². The molecule has 12 nitrogen and oxygen atoms in total. The van der Waals surface area contributed by atoms with Crippen molar-refractivity contribution in [2.75, 3.05) is 0 Å². The number of hydrogen-bond donors (Lipinski definition) is 0. The molecule has 14 heteroatoms. The van der Waals surface area contributed by atoms with Crippen LogP contribution >= 0.6 is 0 Å². The topological polar surface area (TPSA) is 108 Å². The van der Waals surface area contributed by atoms with Gasteiger partial charge in [-0.05, 0) is 22.1 Å². The van der Waals surface area contributed by atoms with Gasteiger partial charge < -0.3 is 56.2 Å². The SMILES string of the molecule is C[n+]1[c-]n(-c2cccc3c2[n-]c2c(-n4[c-]ncc4)coc23)cc1.C[n+]1[c-]n(-c2cccc3c2[n-]c2c(-n4[c-]ncc4)coc23)cc1.[Pt].[Pt]. The molecule has 0 amide bonds. The maximum Gasteiger partial charge on any atom is 0.243 e. The van der Waals surface area contributed by atoms with E-state index in [1.54, 1.807) is 34.1 Å². The van der Waals surface area contributed by atoms with Gasteiger partial charge in [0.25, 0.3) is 0 Å². The molecule has 10 aromatic rings. The molecule has 8 heterocycles. The van der Waals surface area contributed by atoms with Crippen LogP contribution in [-0.4, -0.2) is 28.2 Å². The van der Waals surface area contributed by atoms with E-state index in [2.05, 4.69) is 35.3 Å². The molecule has 2 aromatic carbocycles. The van der Waals surface area contributed by atoms with Crippen molar-refractivity contribution in [3.63, 3.8) is 0 Å². The first-order valence-electron chi connectivity index (χ1n) is 14.3. The molecule has 0 saturated heterocycles. The quantitative estimate of drug-likeness (QED) is 0.196. The number of rotatable bonds is 4. The Morgan fingerprint density at radius 1 is 0.583 bits per heavy atom. The molecular weight excluding hydrogens is 971 g/mol. The summed E-state index contributed by atoms with van der Waals surface area (Å²) >= 11 is 0. The molecule has 0 aliphatic carbocycles. The smallest absolute Gasteiger partial charge is 0.243 e. The minimum Gasteiger partial charge on any atom is -0.665 e. The Hall–Kier alpha value is -5.18. The first kappa shape index (κ1) is 31.4. The van der Waals surface area contributed by atoms with Gasteiger partial charge in [-0.25, -0.2) is 0 Å². The van der Waals surface area contributed by atoms with Crippen molar-refractivity contribution in [1.82, 2.24) is 38.2 Å². The Morgan fingerprint density at radius 3 is 1.42 bits per heavy atom. The van der Waals surface area contributed by atoms with Crippen LogP contribution in [0.1, 0.15) is 0 Å². The number of imidazole rings is 4. The average molecular weight is 993 g/mol. The second-order valence-corrected chi connectivity index (χ2v) is 10.7. The maximum absolute atomic E-state index is 5.77. The molecule has 0 N–H and O–H groups in total. The van der Waals surface area contributed by atoms with E-state index in [1.165, 1.54) is 0 Å². The molecule has 0 atom stereocenters. The minimum absolute atomic E-state index is 0. The number of benzene rings is 2. The van der Waals surface area contributed by atoms with E-state index in [1.807, 2.05) is 106 Å². The van der Waals surface area contributed by atoms with Crippen LogP contribution in [0.3, 0.4) is 0 Å². The fourth-order valence-electron chi connectivity index (χ4n) is 5.70. The Kier molecular flexibility index (Phi) is 8.15. The Labute approximate surface area is 301 Å². The summed E-state index contributed by atoms with van der Waals surface area (Å²) < 4.78 is 22.7. The van der Waals surface area contributed by atoms with Crippen molar-refractivity contribution >= 4 is 44.0 Å². The van der Waals surface area contributed by atoms with Crippen molar-refractivity contribution in [1.29, 1.82) is 0 Å². The van der Waals surface area contributed by atoms with Crippen molar-refractivity contribution in [3.8, 4) is 22.7 Å². The molecule has 0 saturated carbocycles. The predicted molar refractivity (Wildman–Crippen MR) is 165 cm³/mol. The van der Waals surface area contributed by atoms with Crippen molar-refractivity contribution < 1.29 is 60.1 Å². The first-order valence-corrected chi connectivity index (χ1v) is 14.3. The van der Waals surface area contributed by atoms with Gasteiger partial charge in [-0.1, -0.05) is 61.2 Å². The molecular formula is C34H22N10O2Pt2-4. The number of aryl methyl sites for hydroxylation is 2. The fraction of sp³-hybridized carbons (Fsp3) is 0.0588. The molecule has 48 heavy (non-hydrogen) atoms. The summed E-state index contributed by atoms with van der Waals surface area (Å²) in [7, 11) is 3.88. The zero-order chi connectivity index (χ0) is 30.8. The summed E-state index contributed by atoms with van der Waals surface area (Å²) in [6, 6.07) is 12.1. The van der Waals surface area contributed by atoms with E-state index < -0.39 is 0 Å². The third-order valence-corrected chi connectivity index (χ3v) is 7.82. The van der Waals surface area contributed by atoms with Crippen LogP contribution in [-0.2, 0) is 56.2 Å². The zero-order valence-corrected chi connectivity index (χ0v) is 29.7. The third kappa shape index (κ3) is 5.08. The van der Waals surface area contributed by atoms with Crippen molar-refractivity contribution in [2.24, 2.45) is 14.1 Å². The largest absolute Gasteiger partial charge is 0.665 e. The van der Waals surface area contributed by atoms with Crippen LogP contribution in [0.5, 0.6) is 0 Å². The van der Waals surface area contributed by atoms with Crippen LogP contribution in [0.2, 0.25) is 0 Å². The van der Waals surface area contributed by atoms with Gasteiger partial charge in [0.1, 0.15) is 11.2 Å². The minimum atomic E-state index is 0. The second kappa shape index (κ2) is 12.4. The number of furan rings is 2. The number of aromatic nitrogens is 10. The van der Waals surface area contributed by atoms with Crippen LogP contribution in [0.25, 0.3) is 66.8 Å². The average Bonchev–Trinajstić information content (AvgIpc) is 3.88. The van der Waals surface area contributed by atoms with Gasteiger partial charge in [0.15, 0.2) is 0 Å². The van der Waals surface area contributed by atoms with Gasteiger partial charge in [-0.3, -0.25) is 0 Å². The van der Waals surface area contributed by atoms with Gasteiger partial charge in [0.05, 0.1) is 26.6 Å². The van der Waals surface area contributed by atoms with E-state index in [0.717, 1.165) is 66.8 Å². The third-order valence-electron chi connectivity index (χ3n) is 7.82. The van der Waals surface area contributed by atoms with Gasteiger partial charge >= 0.3 is 0 Å². The van der Waals surface area contributed by atoms with Crippen LogP contribution in [0.15, 0.2) is 107 Å². The molecule has 0 aliphatic rings. The maximum atomic E-state index is 5.77. The first-order chi connectivity index (χ1) is 22.6. The number of nitrogens with zero attached hydrogens (tertiary/aromatic N) is 10. The molecule has 0 bridgehead atoms. The molecule has 0 radical (unpaired) electrons. The van der Waals surface area contributed by atoms with Crippen molar-refractivity contribution in [3.05, 3.63) is 124 Å². The number of para-hydroxylation sites is 2. The standard InChI is InChI=1S/2C17H11N5O.2Pt/c2*1-20-7-8-22(11-20)13-4-2-3-12-15(13)19-16-14(9-23-17(12)16)21-6-5-18-10-21;;/h2*2-9H,1H3;;/q2*-2;;. The van der Waals surface area contributed by atoms with Gasteiger partial charge in [0, 0.05) is 90.9 Å². The van der Waals surface area contributed by atoms with E-state index >= 15 is 0 Å². The van der Waals surface area contributed by atoms with Crippen molar-refractivity contribution in [2.45, 2.75) is 0 Å². The number of hydrogen-bond acceptors (Lipinski definition) is 4. The van der Waals surface area contributed by atoms with Gasteiger partial charge in [-0.15, -0.1) is 22.1 Å². The Balaban J connectivity index is 0.000000146. The van der Waals surface area contributed by atoms with Gasteiger partial charge in [0.2, 0.25) is 12.7 Å². The second-order valence-electron chi connectivity index (χ2n) is 10.7. The Bertz CT molecular complexity index is 2450. The summed E-state index contributed by atoms with van der Waals surface area (Å²) in [5.41, 5.74) is 8.53. The molecule has 244 valence electrons. The Morgan fingerprint density at radius 2 is 1.04 bits per heavy atom. The molecule has 8 aromatic heterocycles. The van der Waals surface area contributed by atoms with E-state index in [-0.39, 0.29) is 42.1 Å². The monoisotopic (exact) mass is 992 g/mol. The molecule has 10 rings (SSSR count). The van der Waals surface area contributed by atoms with Crippen LogP contribution < -0.4 is 19.1 Å². The molecule has 0 unspecified atom stereocenters. The van der Waals surface area contributed by atoms with Gasteiger partial charge in [-0.2, -0.15) is 0 Å². The fourth-order valence-corrected chi connectivity index (χ4v) is 5.70. The summed E-state index contributed by atoms with van der Waals surface area (Å²) in [5, 5.41) is 1.96. The summed E-state index contributed by atoms with van der Waals surface area (Å²) in [4.78, 5) is 17.5. The van der Waals surface area contributed by atoms with Crippen LogP contribution in [0.4, 0.5) is 0 Å². The predicted octanol–water partition coefficient (Wildman–Crippen LogP) is 3.88. The van der Waals surface area contributed by atoms with E-state index in [9.17, 15) is 0 Å². The summed E-state index contributed by atoms with van der Waals surface area (Å²) in [5.74, 6) is 0. The molecule has 0 aliphatic heterocycles.